The number of nitrogens with zero attached hydrogens (tertiary/aromatic N) is 1. The number of nitrogens with one attached hydrogen (secondary N) is 1. The summed E-state index contributed by atoms with van der Waals surface area (Å²) in [5.41, 5.74) is 0.883. The van der Waals surface area contributed by atoms with Crippen LogP contribution in [0.25, 0.3) is 0 Å². The topological polar surface area (TPSA) is 50.8 Å². The molecule has 1 saturated heterocycles. The van der Waals surface area contributed by atoms with Crippen molar-refractivity contribution in [1.29, 1.82) is 0 Å². The minimum absolute atomic E-state index is 0. The Hall–Kier alpha value is -1.17. The summed E-state index contributed by atoms with van der Waals surface area (Å²) < 4.78 is 11.1. The maximum atomic E-state index is 12.6. The molecule has 0 spiro atoms. The highest BCUT2D eigenvalue weighted by atomic mass is 35.5. The number of rotatable bonds is 5. The van der Waals surface area contributed by atoms with E-state index in [1.54, 1.807) is 0 Å². The van der Waals surface area contributed by atoms with Gasteiger partial charge in [-0.3, -0.25) is 4.79 Å². The Morgan fingerprint density at radius 2 is 1.88 bits per heavy atom. The van der Waals surface area contributed by atoms with Crippen molar-refractivity contribution in [3.05, 3.63) is 22.7 Å². The number of piperidine rings is 1. The first kappa shape index (κ1) is 19.6. The summed E-state index contributed by atoms with van der Waals surface area (Å²) in [6.45, 7) is 3.84. The lowest BCUT2D eigenvalue weighted by molar-refractivity contribution is -0.131. The third-order valence-corrected chi connectivity index (χ3v) is 5.53. The maximum Gasteiger partial charge on any atom is 0.226 e. The van der Waals surface area contributed by atoms with Crippen molar-refractivity contribution >= 4 is 29.9 Å². The highest BCUT2D eigenvalue weighted by Gasteiger charge is 2.26. The van der Waals surface area contributed by atoms with Crippen LogP contribution in [0.3, 0.4) is 0 Å². The molecule has 0 radical (unpaired) electrons. The van der Waals surface area contributed by atoms with Gasteiger partial charge in [0, 0.05) is 19.1 Å². The van der Waals surface area contributed by atoms with E-state index in [4.69, 9.17) is 21.1 Å². The normalized spacial score (nSPS) is 19.8. The fourth-order valence-corrected chi connectivity index (χ4v) is 3.83. The van der Waals surface area contributed by atoms with Crippen molar-refractivity contribution in [3.63, 3.8) is 0 Å². The Morgan fingerprint density at radius 1 is 1.15 bits per heavy atom. The number of likely N-dealkylation sites (tertiary alicyclic amines) is 1. The van der Waals surface area contributed by atoms with Gasteiger partial charge < -0.3 is 19.7 Å². The van der Waals surface area contributed by atoms with Gasteiger partial charge in [0.2, 0.25) is 5.91 Å². The minimum Gasteiger partial charge on any atom is -0.486 e. The van der Waals surface area contributed by atoms with Gasteiger partial charge in [0.05, 0.1) is 11.4 Å². The SMILES string of the molecule is Cl.O=C(Cc1cc(Cl)c2c(c1)OCCO2)N1CCC(NCC2CC2)CC1. The quantitative estimate of drug-likeness (QED) is 0.824. The molecule has 0 aromatic heterocycles. The molecule has 0 bridgehead atoms. The van der Waals surface area contributed by atoms with Crippen LogP contribution in [0, 0.1) is 5.92 Å². The zero-order valence-corrected chi connectivity index (χ0v) is 16.4. The first-order chi connectivity index (χ1) is 12.2. The van der Waals surface area contributed by atoms with Crippen molar-refractivity contribution in [2.24, 2.45) is 5.92 Å². The van der Waals surface area contributed by atoms with Gasteiger partial charge >= 0.3 is 0 Å². The van der Waals surface area contributed by atoms with E-state index in [1.165, 1.54) is 12.8 Å². The molecule has 1 amide bonds. The standard InChI is InChI=1S/C19H25ClN2O3.ClH/c20-16-9-14(10-17-19(16)25-8-7-24-17)11-18(23)22-5-3-15(4-6-22)21-12-13-1-2-13;/h9-10,13,15,21H,1-8,11-12H2;1H. The number of carbonyl (C=O) groups is 1. The van der Waals surface area contributed by atoms with Crippen LogP contribution in [-0.2, 0) is 11.2 Å². The Kier molecular flexibility index (Phi) is 6.54. The summed E-state index contributed by atoms with van der Waals surface area (Å²) in [5, 5.41) is 4.17. The summed E-state index contributed by atoms with van der Waals surface area (Å²) in [6, 6.07) is 4.26. The van der Waals surface area contributed by atoms with Crippen molar-refractivity contribution in [2.45, 2.75) is 38.1 Å². The first-order valence-corrected chi connectivity index (χ1v) is 9.66. The molecule has 5 nitrogen and oxygen atoms in total. The second-order valence-electron chi connectivity index (χ2n) is 7.29. The van der Waals surface area contributed by atoms with Crippen molar-refractivity contribution in [2.75, 3.05) is 32.8 Å². The number of ether oxygens (including phenoxy) is 2. The van der Waals surface area contributed by atoms with E-state index in [-0.39, 0.29) is 18.3 Å². The number of carbonyl (C=O) groups excluding carboxylic acids is 1. The van der Waals surface area contributed by atoms with Gasteiger partial charge in [-0.15, -0.1) is 12.4 Å². The molecule has 2 heterocycles. The van der Waals surface area contributed by atoms with Gasteiger partial charge in [0.15, 0.2) is 11.5 Å². The number of hydrogen-bond donors (Lipinski definition) is 1. The van der Waals surface area contributed by atoms with Crippen molar-refractivity contribution < 1.29 is 14.3 Å². The average molecular weight is 401 g/mol. The van der Waals surface area contributed by atoms with E-state index >= 15 is 0 Å². The highest BCUT2D eigenvalue weighted by Crippen LogP contribution is 2.38. The molecule has 0 unspecified atom stereocenters. The van der Waals surface area contributed by atoms with Gasteiger partial charge in [-0.2, -0.15) is 0 Å². The van der Waals surface area contributed by atoms with Crippen molar-refractivity contribution in [1.82, 2.24) is 10.2 Å². The smallest absolute Gasteiger partial charge is 0.226 e. The van der Waals surface area contributed by atoms with Crippen LogP contribution < -0.4 is 14.8 Å². The molecule has 26 heavy (non-hydrogen) atoms. The minimum atomic E-state index is 0. The molecule has 1 aromatic carbocycles. The molecule has 2 fully saturated rings. The Balaban J connectivity index is 0.00000196. The molecule has 3 aliphatic rings. The molecule has 2 aliphatic heterocycles. The predicted octanol–water partition coefficient (Wildman–Crippen LogP) is 3.07. The summed E-state index contributed by atoms with van der Waals surface area (Å²) in [7, 11) is 0. The van der Waals surface area contributed by atoms with Crippen LogP contribution in [0.2, 0.25) is 5.02 Å². The van der Waals surface area contributed by atoms with E-state index in [0.29, 0.717) is 42.2 Å². The lowest BCUT2D eigenvalue weighted by atomic mass is 10.0. The fraction of sp³-hybridized carbons (Fsp3) is 0.632. The summed E-state index contributed by atoms with van der Waals surface area (Å²) in [4.78, 5) is 14.6. The molecule has 1 aromatic rings. The largest absolute Gasteiger partial charge is 0.486 e. The van der Waals surface area contributed by atoms with Gasteiger partial charge in [-0.1, -0.05) is 11.6 Å². The van der Waals surface area contributed by atoms with Gasteiger partial charge in [0.1, 0.15) is 13.2 Å². The molecule has 1 saturated carbocycles. The molecule has 4 rings (SSSR count). The van der Waals surface area contributed by atoms with Crippen LogP contribution in [0.15, 0.2) is 12.1 Å². The van der Waals surface area contributed by atoms with Crippen LogP contribution >= 0.6 is 24.0 Å². The average Bonchev–Trinajstić information content (AvgIpc) is 3.45. The third-order valence-electron chi connectivity index (χ3n) is 5.25. The van der Waals surface area contributed by atoms with Crippen molar-refractivity contribution in [3.8, 4) is 11.5 Å². The maximum absolute atomic E-state index is 12.6. The number of hydrogen-bond acceptors (Lipinski definition) is 4. The lowest BCUT2D eigenvalue weighted by Gasteiger charge is -2.32. The van der Waals surface area contributed by atoms with Crippen LogP contribution in [0.4, 0.5) is 0 Å². The molecule has 7 heteroatoms. The molecular weight excluding hydrogens is 375 g/mol. The summed E-state index contributed by atoms with van der Waals surface area (Å²) >= 11 is 6.26. The molecular formula is C19H26Cl2N2O3. The molecule has 1 aliphatic carbocycles. The van der Waals surface area contributed by atoms with Crippen LogP contribution in [-0.4, -0.2) is 49.7 Å². The van der Waals surface area contributed by atoms with E-state index in [1.807, 2.05) is 17.0 Å². The number of amides is 1. The zero-order chi connectivity index (χ0) is 17.2. The Labute approximate surface area is 165 Å². The second kappa shape index (κ2) is 8.68. The monoisotopic (exact) mass is 400 g/mol. The highest BCUT2D eigenvalue weighted by molar-refractivity contribution is 6.32. The Bertz CT molecular complexity index is 644. The predicted molar refractivity (Wildman–Crippen MR) is 104 cm³/mol. The van der Waals surface area contributed by atoms with Gasteiger partial charge in [-0.25, -0.2) is 0 Å². The second-order valence-corrected chi connectivity index (χ2v) is 7.69. The van der Waals surface area contributed by atoms with E-state index < -0.39 is 0 Å². The van der Waals surface area contributed by atoms with Gasteiger partial charge in [0.25, 0.3) is 0 Å². The molecule has 144 valence electrons. The zero-order valence-electron chi connectivity index (χ0n) is 14.8. The first-order valence-electron chi connectivity index (χ1n) is 9.28. The van der Waals surface area contributed by atoms with Crippen LogP contribution in [0.5, 0.6) is 11.5 Å². The van der Waals surface area contributed by atoms with Gasteiger partial charge in [-0.05, 0) is 55.8 Å². The van der Waals surface area contributed by atoms with Crippen LogP contribution in [0.1, 0.15) is 31.2 Å². The number of benzene rings is 1. The summed E-state index contributed by atoms with van der Waals surface area (Å²) in [6.07, 6.45) is 5.20. The third kappa shape index (κ3) is 4.76. The van der Waals surface area contributed by atoms with E-state index in [0.717, 1.165) is 44.0 Å². The number of halogens is 2. The van der Waals surface area contributed by atoms with E-state index in [9.17, 15) is 4.79 Å². The Morgan fingerprint density at radius 3 is 2.62 bits per heavy atom. The number of fused-ring (bicyclic) bond motifs is 1. The summed E-state index contributed by atoms with van der Waals surface area (Å²) in [5.74, 6) is 2.30. The molecule has 0 atom stereocenters. The van der Waals surface area contributed by atoms with E-state index in [2.05, 4.69) is 5.32 Å². The fourth-order valence-electron chi connectivity index (χ4n) is 3.54. The lowest BCUT2D eigenvalue weighted by Crippen LogP contribution is -2.45. The molecule has 1 N–H and O–H groups in total.